The van der Waals surface area contributed by atoms with E-state index in [2.05, 4.69) is 65.4 Å². The molecule has 0 bridgehead atoms. The Labute approximate surface area is 217 Å². The Morgan fingerprint density at radius 2 is 1.30 bits per heavy atom. The Hall–Kier alpha value is -4.32. The highest BCUT2D eigenvalue weighted by atomic mass is 32.1. The molecule has 5 heterocycles. The highest BCUT2D eigenvalue weighted by molar-refractivity contribution is 7.19. The van der Waals surface area contributed by atoms with Crippen molar-refractivity contribution < 1.29 is 13.3 Å². The fraction of sp³-hybridized carbons (Fsp3) is 0. The molecule has 0 atom stereocenters. The van der Waals surface area contributed by atoms with Gasteiger partial charge in [-0.05, 0) is 87.9 Å². The minimum Gasteiger partial charge on any atom is -0.464 e. The summed E-state index contributed by atoms with van der Waals surface area (Å²) in [7, 11) is 0. The van der Waals surface area contributed by atoms with Crippen LogP contribution in [0.3, 0.4) is 0 Å². The van der Waals surface area contributed by atoms with E-state index in [4.69, 9.17) is 13.3 Å². The molecule has 0 radical (unpaired) electrons. The maximum Gasteiger partial charge on any atom is 0.142 e. The monoisotopic (exact) mass is 512 g/mol. The standard InChI is InChI=1S/C32H16O3S2/c1-3-21-22-4-2-18(30-24-8-12-36-28(24)16-20-7-11-37-32(20)30)14-27(22)35-26(21)13-17(1)29-23-6-10-33-25(23)15-19-5-9-34-31(19)29/h1-16H. The molecular weight excluding hydrogens is 496 g/mol. The Bertz CT molecular complexity index is 2060. The number of hydrogen-bond acceptors (Lipinski definition) is 5. The Kier molecular flexibility index (Phi) is 3.82. The summed E-state index contributed by atoms with van der Waals surface area (Å²) in [5, 5.41) is 11.2. The van der Waals surface area contributed by atoms with Gasteiger partial charge in [-0.3, -0.25) is 0 Å². The van der Waals surface area contributed by atoms with Crippen LogP contribution < -0.4 is 0 Å². The second kappa shape index (κ2) is 7.13. The van der Waals surface area contributed by atoms with Gasteiger partial charge in [-0.2, -0.15) is 0 Å². The van der Waals surface area contributed by atoms with Crippen molar-refractivity contribution in [1.29, 1.82) is 0 Å². The third-order valence-corrected chi connectivity index (χ3v) is 9.21. The summed E-state index contributed by atoms with van der Waals surface area (Å²) < 4.78 is 20.8. The van der Waals surface area contributed by atoms with E-state index in [1.54, 1.807) is 35.2 Å². The number of furan rings is 3. The van der Waals surface area contributed by atoms with Crippen molar-refractivity contribution in [1.82, 2.24) is 0 Å². The quantitative estimate of drug-likeness (QED) is 0.231. The lowest BCUT2D eigenvalue weighted by Gasteiger charge is -2.06. The summed E-state index contributed by atoms with van der Waals surface area (Å²) >= 11 is 3.59. The highest BCUT2D eigenvalue weighted by Gasteiger charge is 2.18. The third kappa shape index (κ3) is 2.70. The number of thiophene rings is 2. The average molecular weight is 513 g/mol. The molecule has 0 spiro atoms. The van der Waals surface area contributed by atoms with Crippen LogP contribution >= 0.6 is 22.7 Å². The van der Waals surface area contributed by atoms with E-state index in [-0.39, 0.29) is 0 Å². The Balaban J connectivity index is 1.28. The van der Waals surface area contributed by atoms with Crippen LogP contribution in [0.5, 0.6) is 0 Å². The third-order valence-electron chi connectivity index (χ3n) is 7.40. The van der Waals surface area contributed by atoms with Crippen molar-refractivity contribution in [3.05, 3.63) is 96.1 Å². The van der Waals surface area contributed by atoms with Crippen LogP contribution in [0.25, 0.3) is 86.3 Å². The minimum atomic E-state index is 0.848. The van der Waals surface area contributed by atoms with Gasteiger partial charge in [-0.1, -0.05) is 12.1 Å². The lowest BCUT2D eigenvalue weighted by Crippen LogP contribution is -1.81. The zero-order valence-corrected chi connectivity index (χ0v) is 20.9. The average Bonchev–Trinajstić information content (AvgIpc) is 3.74. The van der Waals surface area contributed by atoms with Gasteiger partial charge in [0.2, 0.25) is 0 Å². The first-order chi connectivity index (χ1) is 18.3. The molecule has 9 aromatic rings. The zero-order valence-electron chi connectivity index (χ0n) is 19.3. The molecule has 3 nitrogen and oxygen atoms in total. The fourth-order valence-corrected chi connectivity index (χ4v) is 7.54. The number of rotatable bonds is 2. The van der Waals surface area contributed by atoms with E-state index in [9.17, 15) is 0 Å². The van der Waals surface area contributed by atoms with Gasteiger partial charge in [0.15, 0.2) is 0 Å². The fourth-order valence-electron chi connectivity index (χ4n) is 5.74. The largest absolute Gasteiger partial charge is 0.464 e. The first kappa shape index (κ1) is 19.8. The van der Waals surface area contributed by atoms with E-state index >= 15 is 0 Å². The van der Waals surface area contributed by atoms with Crippen molar-refractivity contribution in [3.63, 3.8) is 0 Å². The van der Waals surface area contributed by atoms with E-state index in [0.717, 1.165) is 55.0 Å². The van der Waals surface area contributed by atoms with Crippen molar-refractivity contribution in [3.8, 4) is 22.3 Å². The summed E-state index contributed by atoms with van der Waals surface area (Å²) in [5.74, 6) is 0. The molecule has 0 saturated carbocycles. The number of benzene rings is 4. The van der Waals surface area contributed by atoms with Crippen LogP contribution in [0.1, 0.15) is 0 Å². The summed E-state index contributed by atoms with van der Waals surface area (Å²) in [6, 6.07) is 25.8. The van der Waals surface area contributed by atoms with Crippen molar-refractivity contribution in [2.45, 2.75) is 0 Å². The molecule has 0 N–H and O–H groups in total. The van der Waals surface area contributed by atoms with Crippen LogP contribution in [0.4, 0.5) is 0 Å². The highest BCUT2D eigenvalue weighted by Crippen LogP contribution is 2.44. The van der Waals surface area contributed by atoms with Crippen molar-refractivity contribution >= 4 is 86.7 Å². The number of hydrogen-bond donors (Lipinski definition) is 0. The smallest absolute Gasteiger partial charge is 0.142 e. The van der Waals surface area contributed by atoms with Crippen LogP contribution in [-0.2, 0) is 0 Å². The molecule has 0 amide bonds. The van der Waals surface area contributed by atoms with Gasteiger partial charge in [0, 0.05) is 47.5 Å². The molecule has 0 fully saturated rings. The summed E-state index contributed by atoms with van der Waals surface area (Å²) in [6.45, 7) is 0. The molecule has 0 unspecified atom stereocenters. The molecule has 5 aromatic heterocycles. The molecule has 0 aliphatic heterocycles. The van der Waals surface area contributed by atoms with Gasteiger partial charge >= 0.3 is 0 Å². The van der Waals surface area contributed by atoms with E-state index in [0.29, 0.717) is 0 Å². The SMILES string of the molecule is c1cc2c(-c3ccc4c(c3)oc3cc(-c5c6ccsc6cc6ccsc56)ccc34)c3occc3cc2o1. The first-order valence-corrected chi connectivity index (χ1v) is 13.8. The van der Waals surface area contributed by atoms with Crippen molar-refractivity contribution in [2.24, 2.45) is 0 Å². The molecule has 0 saturated heterocycles. The molecule has 5 heteroatoms. The second-order valence-electron chi connectivity index (χ2n) is 9.37. The second-order valence-corrected chi connectivity index (χ2v) is 11.2. The predicted octanol–water partition coefficient (Wildman–Crippen LogP) is 10.8. The maximum absolute atomic E-state index is 6.50. The van der Waals surface area contributed by atoms with E-state index < -0.39 is 0 Å². The zero-order chi connectivity index (χ0) is 24.1. The lowest BCUT2D eigenvalue weighted by atomic mass is 9.97. The molecule has 174 valence electrons. The van der Waals surface area contributed by atoms with Crippen LogP contribution in [0.15, 0.2) is 109 Å². The molecule has 0 aliphatic rings. The van der Waals surface area contributed by atoms with Crippen LogP contribution in [0.2, 0.25) is 0 Å². The normalized spacial score (nSPS) is 12.3. The number of fused-ring (bicyclic) bond motifs is 7. The van der Waals surface area contributed by atoms with Crippen LogP contribution in [-0.4, -0.2) is 0 Å². The minimum absolute atomic E-state index is 0.848. The van der Waals surface area contributed by atoms with Gasteiger partial charge in [0.1, 0.15) is 22.3 Å². The molecular formula is C32H16O3S2. The van der Waals surface area contributed by atoms with Gasteiger partial charge in [-0.25, -0.2) is 0 Å². The Morgan fingerprint density at radius 3 is 2.16 bits per heavy atom. The summed E-state index contributed by atoms with van der Waals surface area (Å²) in [4.78, 5) is 0. The molecule has 0 aliphatic carbocycles. The summed E-state index contributed by atoms with van der Waals surface area (Å²) in [6.07, 6.45) is 3.46. The predicted molar refractivity (Wildman–Crippen MR) is 155 cm³/mol. The van der Waals surface area contributed by atoms with E-state index in [1.807, 2.05) is 18.2 Å². The lowest BCUT2D eigenvalue weighted by molar-refractivity contribution is 0.613. The van der Waals surface area contributed by atoms with Gasteiger partial charge in [-0.15, -0.1) is 22.7 Å². The first-order valence-electron chi connectivity index (χ1n) is 12.0. The van der Waals surface area contributed by atoms with E-state index in [1.165, 1.54) is 31.3 Å². The Morgan fingerprint density at radius 1 is 0.514 bits per heavy atom. The van der Waals surface area contributed by atoms with Gasteiger partial charge < -0.3 is 13.3 Å². The summed E-state index contributed by atoms with van der Waals surface area (Å²) in [5.41, 5.74) is 8.00. The van der Waals surface area contributed by atoms with Gasteiger partial charge in [0.25, 0.3) is 0 Å². The molecule has 9 rings (SSSR count). The molecule has 37 heavy (non-hydrogen) atoms. The van der Waals surface area contributed by atoms with Crippen molar-refractivity contribution in [2.75, 3.05) is 0 Å². The van der Waals surface area contributed by atoms with Gasteiger partial charge in [0.05, 0.1) is 12.5 Å². The molecule has 4 aromatic carbocycles. The maximum atomic E-state index is 6.50. The topological polar surface area (TPSA) is 39.4 Å². The van der Waals surface area contributed by atoms with Crippen LogP contribution in [0, 0.1) is 0 Å².